The molecule has 4 unspecified atom stereocenters. The second kappa shape index (κ2) is 11.5. The summed E-state index contributed by atoms with van der Waals surface area (Å²) in [6, 6.07) is 21.4. The van der Waals surface area contributed by atoms with E-state index >= 15 is 0 Å². The first-order valence-corrected chi connectivity index (χ1v) is 12.8. The third-order valence-electron chi connectivity index (χ3n) is 6.38. The van der Waals surface area contributed by atoms with E-state index in [1.807, 2.05) is 84.9 Å². The van der Waals surface area contributed by atoms with Crippen LogP contribution in [0, 0.1) is 0 Å². The molecule has 2 amide bonds. The normalized spacial score (nSPS) is 22.5. The van der Waals surface area contributed by atoms with Crippen molar-refractivity contribution < 1.29 is 23.9 Å². The number of fused-ring (bicyclic) bond motifs is 1. The lowest BCUT2D eigenvalue weighted by atomic mass is 9.83. The third-order valence-corrected chi connectivity index (χ3v) is 6.38. The first-order valence-electron chi connectivity index (χ1n) is 12.8. The second-order valence-electron chi connectivity index (χ2n) is 10.3. The molecule has 0 aromatic heterocycles. The molecule has 3 aromatic carbocycles. The van der Waals surface area contributed by atoms with E-state index in [1.165, 1.54) is 0 Å². The fourth-order valence-corrected chi connectivity index (χ4v) is 4.68. The number of benzene rings is 3. The van der Waals surface area contributed by atoms with Gasteiger partial charge in [-0.2, -0.15) is 0 Å². The topological polar surface area (TPSA) is 93.7 Å². The van der Waals surface area contributed by atoms with Gasteiger partial charge in [-0.3, -0.25) is 4.79 Å². The van der Waals surface area contributed by atoms with Gasteiger partial charge in [0.15, 0.2) is 0 Å². The van der Waals surface area contributed by atoms with E-state index in [1.54, 1.807) is 27.7 Å². The number of hydrogen-bond acceptors (Lipinski definition) is 5. The van der Waals surface area contributed by atoms with Gasteiger partial charge in [0.25, 0.3) is 0 Å². The number of carbonyl (C=O) groups is 3. The summed E-state index contributed by atoms with van der Waals surface area (Å²) in [5.74, 6) is -2.04. The first-order chi connectivity index (χ1) is 18.2. The van der Waals surface area contributed by atoms with Crippen molar-refractivity contribution in [2.24, 2.45) is 0 Å². The molecule has 0 bridgehead atoms. The van der Waals surface area contributed by atoms with Gasteiger partial charge in [0.1, 0.15) is 17.7 Å². The largest absolute Gasteiger partial charge is 0.464 e. The van der Waals surface area contributed by atoms with Crippen LogP contribution in [0.3, 0.4) is 0 Å². The Balaban J connectivity index is 1.79. The Labute approximate surface area is 223 Å². The molecule has 1 heterocycles. The lowest BCUT2D eigenvalue weighted by Crippen LogP contribution is -2.56. The molecule has 3 aromatic rings. The van der Waals surface area contributed by atoms with Crippen molar-refractivity contribution in [3.05, 3.63) is 96.1 Å². The summed E-state index contributed by atoms with van der Waals surface area (Å²) in [5.41, 5.74) is 0.963. The monoisotopic (exact) mass is 514 g/mol. The van der Waals surface area contributed by atoms with Crippen LogP contribution in [0.2, 0.25) is 0 Å². The highest BCUT2D eigenvalue weighted by molar-refractivity contribution is 5.92. The van der Waals surface area contributed by atoms with Crippen LogP contribution in [0.1, 0.15) is 50.7 Å². The lowest BCUT2D eigenvalue weighted by Gasteiger charge is -2.33. The fourth-order valence-electron chi connectivity index (χ4n) is 4.68. The van der Waals surface area contributed by atoms with Gasteiger partial charge < -0.3 is 20.1 Å². The Kier molecular flexibility index (Phi) is 8.15. The van der Waals surface area contributed by atoms with Crippen LogP contribution in [0.15, 0.2) is 84.9 Å². The van der Waals surface area contributed by atoms with Crippen molar-refractivity contribution in [3.63, 3.8) is 0 Å². The molecule has 7 nitrogen and oxygen atoms in total. The molecule has 2 N–H and O–H groups in total. The summed E-state index contributed by atoms with van der Waals surface area (Å²) in [6.45, 7) is 7.16. The van der Waals surface area contributed by atoms with Gasteiger partial charge in [0.2, 0.25) is 5.91 Å². The number of nitrogens with one attached hydrogen (secondary N) is 2. The highest BCUT2D eigenvalue weighted by atomic mass is 16.6. The standard InChI is InChI=1S/C31H34N2O5/c1-5-37-29(35)27-25(23-16-15-20-11-9-10-14-22(20)19-23)18-17-24(21-12-7-6-8-13-21)26(28(34)32-27)33-30(36)38-31(2,3)4/h6-19,24-27H,5H2,1-4H3,(H,32,34)(H,33,36)/b18-17-. The van der Waals surface area contributed by atoms with Gasteiger partial charge in [-0.1, -0.05) is 84.9 Å². The minimum atomic E-state index is -1.02. The molecular formula is C31H34N2O5. The Morgan fingerprint density at radius 3 is 2.21 bits per heavy atom. The lowest BCUT2D eigenvalue weighted by molar-refractivity contribution is -0.148. The molecule has 4 atom stereocenters. The maximum Gasteiger partial charge on any atom is 0.408 e. The van der Waals surface area contributed by atoms with Crippen molar-refractivity contribution >= 4 is 28.7 Å². The van der Waals surface area contributed by atoms with Crippen LogP contribution in [-0.4, -0.2) is 42.3 Å². The zero-order valence-corrected chi connectivity index (χ0v) is 22.1. The van der Waals surface area contributed by atoms with E-state index in [2.05, 4.69) is 10.6 Å². The highest BCUT2D eigenvalue weighted by Crippen LogP contribution is 2.32. The van der Waals surface area contributed by atoms with Gasteiger partial charge in [-0.15, -0.1) is 0 Å². The van der Waals surface area contributed by atoms with Crippen molar-refractivity contribution in [3.8, 4) is 0 Å². The van der Waals surface area contributed by atoms with E-state index in [0.717, 1.165) is 21.9 Å². The summed E-state index contributed by atoms with van der Waals surface area (Å²) in [7, 11) is 0. The number of amides is 2. The van der Waals surface area contributed by atoms with Crippen molar-refractivity contribution in [2.75, 3.05) is 6.61 Å². The molecule has 0 spiro atoms. The number of ether oxygens (including phenoxy) is 2. The molecular weight excluding hydrogens is 480 g/mol. The number of rotatable bonds is 5. The van der Waals surface area contributed by atoms with Crippen LogP contribution in [-0.2, 0) is 19.1 Å². The summed E-state index contributed by atoms with van der Waals surface area (Å²) >= 11 is 0. The molecule has 0 saturated heterocycles. The Morgan fingerprint density at radius 1 is 0.868 bits per heavy atom. The average molecular weight is 515 g/mol. The van der Waals surface area contributed by atoms with Crippen LogP contribution in [0.4, 0.5) is 4.79 Å². The third kappa shape index (κ3) is 6.40. The van der Waals surface area contributed by atoms with E-state index in [0.29, 0.717) is 0 Å². The maximum absolute atomic E-state index is 13.7. The SMILES string of the molecule is CCOC(=O)C1NC(=O)C(NC(=O)OC(C)(C)C)C(c2ccccc2)/C=C\C1c1ccc2ccccc2c1. The average Bonchev–Trinajstić information content (AvgIpc) is 2.87. The zero-order valence-electron chi connectivity index (χ0n) is 22.1. The number of alkyl carbamates (subject to hydrolysis) is 1. The summed E-state index contributed by atoms with van der Waals surface area (Å²) in [6.07, 6.45) is 3.10. The maximum atomic E-state index is 13.7. The van der Waals surface area contributed by atoms with Gasteiger partial charge >= 0.3 is 12.1 Å². The van der Waals surface area contributed by atoms with Gasteiger partial charge in [-0.25, -0.2) is 9.59 Å². The van der Waals surface area contributed by atoms with Gasteiger partial charge in [0.05, 0.1) is 6.61 Å². The number of hydrogen-bond donors (Lipinski definition) is 2. The summed E-state index contributed by atoms with van der Waals surface area (Å²) < 4.78 is 10.8. The van der Waals surface area contributed by atoms with Crippen molar-refractivity contribution in [1.82, 2.24) is 10.6 Å². The molecule has 4 rings (SSSR count). The fraction of sp³-hybridized carbons (Fsp3) is 0.323. The molecule has 0 aliphatic carbocycles. The van der Waals surface area contributed by atoms with Crippen LogP contribution in [0.5, 0.6) is 0 Å². The van der Waals surface area contributed by atoms with E-state index in [-0.39, 0.29) is 6.61 Å². The van der Waals surface area contributed by atoms with Crippen LogP contribution >= 0.6 is 0 Å². The smallest absolute Gasteiger partial charge is 0.408 e. The quantitative estimate of drug-likeness (QED) is 0.360. The van der Waals surface area contributed by atoms with Crippen molar-refractivity contribution in [2.45, 2.75) is 57.2 Å². The molecule has 38 heavy (non-hydrogen) atoms. The number of carbonyl (C=O) groups excluding carboxylic acids is 3. The minimum absolute atomic E-state index is 0.172. The molecule has 198 valence electrons. The molecule has 0 radical (unpaired) electrons. The highest BCUT2D eigenvalue weighted by Gasteiger charge is 2.39. The van der Waals surface area contributed by atoms with E-state index in [9.17, 15) is 14.4 Å². The van der Waals surface area contributed by atoms with E-state index in [4.69, 9.17) is 9.47 Å². The van der Waals surface area contributed by atoms with Crippen molar-refractivity contribution in [1.29, 1.82) is 0 Å². The number of esters is 1. The minimum Gasteiger partial charge on any atom is -0.464 e. The summed E-state index contributed by atoms with van der Waals surface area (Å²) in [5, 5.41) is 7.72. The first kappa shape index (κ1) is 26.9. The van der Waals surface area contributed by atoms with Crippen LogP contribution in [0.25, 0.3) is 10.8 Å². The Morgan fingerprint density at radius 2 is 1.53 bits per heavy atom. The predicted octanol–water partition coefficient (Wildman–Crippen LogP) is 5.22. The molecule has 0 fully saturated rings. The molecule has 0 saturated carbocycles. The van der Waals surface area contributed by atoms with Crippen LogP contribution < -0.4 is 10.6 Å². The Bertz CT molecular complexity index is 1330. The zero-order chi connectivity index (χ0) is 27.3. The molecule has 1 aliphatic rings. The molecule has 7 heteroatoms. The second-order valence-corrected chi connectivity index (χ2v) is 10.3. The Hall–Kier alpha value is -4.13. The predicted molar refractivity (Wildman–Crippen MR) is 147 cm³/mol. The van der Waals surface area contributed by atoms with Gasteiger partial charge in [-0.05, 0) is 49.6 Å². The van der Waals surface area contributed by atoms with E-state index < -0.39 is 47.5 Å². The van der Waals surface area contributed by atoms with Gasteiger partial charge in [0, 0.05) is 11.8 Å². The molecule has 1 aliphatic heterocycles. The summed E-state index contributed by atoms with van der Waals surface area (Å²) in [4.78, 5) is 39.6.